The number of nitrogens with zero attached hydrogens (tertiary/aromatic N) is 2. The first-order valence-corrected chi connectivity index (χ1v) is 10.3. The van der Waals surface area contributed by atoms with Crippen molar-refractivity contribution in [3.8, 4) is 5.75 Å². The molecule has 0 bridgehead atoms. The molecule has 0 spiro atoms. The molecule has 28 heavy (non-hydrogen) atoms. The van der Waals surface area contributed by atoms with Crippen molar-refractivity contribution in [3.63, 3.8) is 0 Å². The summed E-state index contributed by atoms with van der Waals surface area (Å²) in [4.78, 5) is 20.1. The van der Waals surface area contributed by atoms with Crippen LogP contribution in [0.2, 0.25) is 0 Å². The summed E-state index contributed by atoms with van der Waals surface area (Å²) in [6.07, 6.45) is 0. The van der Waals surface area contributed by atoms with Crippen LogP contribution in [0.25, 0.3) is 11.0 Å². The van der Waals surface area contributed by atoms with E-state index < -0.39 is 15.9 Å². The highest BCUT2D eigenvalue weighted by Gasteiger charge is 2.24. The molecule has 0 unspecified atom stereocenters. The van der Waals surface area contributed by atoms with E-state index in [2.05, 4.69) is 15.3 Å². The summed E-state index contributed by atoms with van der Waals surface area (Å²) >= 11 is 0. The summed E-state index contributed by atoms with van der Waals surface area (Å²) in [5, 5.41) is 2.66. The van der Waals surface area contributed by atoms with Crippen LogP contribution in [0.15, 0.2) is 47.4 Å². The van der Waals surface area contributed by atoms with E-state index in [0.717, 1.165) is 5.52 Å². The van der Waals surface area contributed by atoms with E-state index in [-0.39, 0.29) is 22.2 Å². The number of fused-ring (bicyclic) bond motifs is 1. The Morgan fingerprint density at radius 2 is 1.89 bits per heavy atom. The largest absolute Gasteiger partial charge is 0.496 e. The first-order chi connectivity index (χ1) is 13.4. The molecule has 0 aliphatic heterocycles. The minimum absolute atomic E-state index is 0.0340. The van der Waals surface area contributed by atoms with Gasteiger partial charge in [0, 0.05) is 13.1 Å². The number of H-pyrrole nitrogens is 1. The smallest absolute Gasteiger partial charge is 0.261 e. The maximum absolute atomic E-state index is 12.8. The molecule has 0 saturated carbocycles. The number of amides is 1. The van der Waals surface area contributed by atoms with Crippen molar-refractivity contribution in [1.82, 2.24) is 14.3 Å². The first-order valence-electron chi connectivity index (χ1n) is 8.85. The molecule has 1 heterocycles. The maximum atomic E-state index is 12.8. The Balaban J connectivity index is 1.96. The summed E-state index contributed by atoms with van der Waals surface area (Å²) in [5.41, 5.74) is 1.60. The van der Waals surface area contributed by atoms with Crippen LogP contribution in [0.5, 0.6) is 5.75 Å². The lowest BCUT2D eigenvalue weighted by molar-refractivity contribution is 0.102. The number of imidazole rings is 1. The number of anilines is 1. The second-order valence-electron chi connectivity index (χ2n) is 6.01. The molecule has 3 aromatic rings. The molecule has 0 saturated heterocycles. The third-order valence-electron chi connectivity index (χ3n) is 4.38. The van der Waals surface area contributed by atoms with Crippen LogP contribution < -0.4 is 10.1 Å². The van der Waals surface area contributed by atoms with Crippen LogP contribution in [-0.4, -0.2) is 48.8 Å². The Labute approximate surface area is 163 Å². The lowest BCUT2D eigenvalue weighted by Gasteiger charge is -2.19. The third-order valence-corrected chi connectivity index (χ3v) is 6.43. The minimum atomic E-state index is -3.70. The minimum Gasteiger partial charge on any atom is -0.496 e. The number of methoxy groups -OCH3 is 1. The van der Waals surface area contributed by atoms with Crippen LogP contribution >= 0.6 is 0 Å². The van der Waals surface area contributed by atoms with Gasteiger partial charge in [0.2, 0.25) is 16.0 Å². The number of rotatable bonds is 7. The zero-order valence-electron chi connectivity index (χ0n) is 15.9. The molecule has 0 aliphatic rings. The number of carbonyl (C=O) groups excluding carboxylic acids is 1. The summed E-state index contributed by atoms with van der Waals surface area (Å²) in [7, 11) is -2.28. The number of aromatic nitrogens is 2. The fourth-order valence-corrected chi connectivity index (χ4v) is 4.41. The molecular formula is C19H22N4O4S. The summed E-state index contributed by atoms with van der Waals surface area (Å²) in [5.74, 6) is 0.0184. The molecule has 8 nitrogen and oxygen atoms in total. The molecule has 9 heteroatoms. The van der Waals surface area contributed by atoms with Crippen LogP contribution in [0.1, 0.15) is 24.2 Å². The maximum Gasteiger partial charge on any atom is 0.261 e. The second kappa shape index (κ2) is 7.99. The van der Waals surface area contributed by atoms with Gasteiger partial charge in [-0.15, -0.1) is 0 Å². The molecule has 0 aliphatic carbocycles. The van der Waals surface area contributed by atoms with Crippen LogP contribution in [0.4, 0.5) is 5.95 Å². The number of aromatic amines is 1. The molecule has 148 valence electrons. The average Bonchev–Trinajstić information content (AvgIpc) is 3.10. The van der Waals surface area contributed by atoms with E-state index in [0.29, 0.717) is 18.6 Å². The molecule has 0 fully saturated rings. The molecule has 1 aromatic heterocycles. The molecule has 0 radical (unpaired) electrons. The third kappa shape index (κ3) is 3.71. The zero-order chi connectivity index (χ0) is 20.3. The lowest BCUT2D eigenvalue weighted by Crippen LogP contribution is -2.30. The Bertz CT molecular complexity index is 1070. The Kier molecular flexibility index (Phi) is 5.66. The van der Waals surface area contributed by atoms with Crippen LogP contribution in [-0.2, 0) is 10.0 Å². The van der Waals surface area contributed by atoms with Gasteiger partial charge in [0.25, 0.3) is 5.91 Å². The molecule has 2 aromatic carbocycles. The number of ether oxygens (including phenoxy) is 1. The van der Waals surface area contributed by atoms with Crippen molar-refractivity contribution < 1.29 is 17.9 Å². The van der Waals surface area contributed by atoms with Crippen molar-refractivity contribution in [2.24, 2.45) is 0 Å². The zero-order valence-corrected chi connectivity index (χ0v) is 16.7. The van der Waals surface area contributed by atoms with E-state index in [1.165, 1.54) is 29.6 Å². The van der Waals surface area contributed by atoms with Gasteiger partial charge in [-0.3, -0.25) is 10.1 Å². The molecule has 3 rings (SSSR count). The van der Waals surface area contributed by atoms with Crippen LogP contribution in [0.3, 0.4) is 0 Å². The standard InChI is InChI=1S/C19H22N4O4S/c1-4-23(5-2)28(25,26)13-10-11-17(27-3)14(12-13)18(24)22-19-20-15-8-6-7-9-16(15)21-19/h6-12H,4-5H2,1-3H3,(H2,20,21,22,24). The normalized spacial score (nSPS) is 11.7. The van der Waals surface area contributed by atoms with E-state index in [4.69, 9.17) is 4.74 Å². The van der Waals surface area contributed by atoms with E-state index >= 15 is 0 Å². The highest BCUT2D eigenvalue weighted by Crippen LogP contribution is 2.25. The van der Waals surface area contributed by atoms with Crippen molar-refractivity contribution in [2.45, 2.75) is 18.7 Å². The average molecular weight is 402 g/mol. The highest BCUT2D eigenvalue weighted by atomic mass is 32.2. The SMILES string of the molecule is CCN(CC)S(=O)(=O)c1ccc(OC)c(C(=O)Nc2nc3ccccc3[nH]2)c1. The second-order valence-corrected chi connectivity index (χ2v) is 7.95. The van der Waals surface area contributed by atoms with Crippen molar-refractivity contribution in [2.75, 3.05) is 25.5 Å². The van der Waals surface area contributed by atoms with Gasteiger partial charge in [0.1, 0.15) is 5.75 Å². The topological polar surface area (TPSA) is 104 Å². The summed E-state index contributed by atoms with van der Waals surface area (Å²) in [6.45, 7) is 4.20. The summed E-state index contributed by atoms with van der Waals surface area (Å²) in [6, 6.07) is 11.6. The van der Waals surface area contributed by atoms with Gasteiger partial charge in [-0.2, -0.15) is 4.31 Å². The fraction of sp³-hybridized carbons (Fsp3) is 0.263. The number of nitrogens with one attached hydrogen (secondary N) is 2. The Morgan fingerprint density at radius 3 is 2.54 bits per heavy atom. The van der Waals surface area contributed by atoms with E-state index in [1.807, 2.05) is 24.3 Å². The Hall–Kier alpha value is -2.91. The van der Waals surface area contributed by atoms with Gasteiger partial charge < -0.3 is 9.72 Å². The first kappa shape index (κ1) is 19.8. The quantitative estimate of drug-likeness (QED) is 0.632. The molecule has 1 amide bonds. The number of hydrogen-bond donors (Lipinski definition) is 2. The molecule has 0 atom stereocenters. The predicted octanol–water partition coefficient (Wildman–Crippen LogP) is 2.85. The van der Waals surface area contributed by atoms with Crippen LogP contribution in [0, 0.1) is 0 Å². The number of carbonyl (C=O) groups is 1. The lowest BCUT2D eigenvalue weighted by atomic mass is 10.2. The van der Waals surface area contributed by atoms with E-state index in [1.54, 1.807) is 13.8 Å². The van der Waals surface area contributed by atoms with E-state index in [9.17, 15) is 13.2 Å². The number of para-hydroxylation sites is 2. The van der Waals surface area contributed by atoms with Gasteiger partial charge in [0.05, 0.1) is 28.6 Å². The predicted molar refractivity (Wildman–Crippen MR) is 107 cm³/mol. The monoisotopic (exact) mass is 402 g/mol. The van der Waals surface area contributed by atoms with Gasteiger partial charge in [-0.05, 0) is 30.3 Å². The van der Waals surface area contributed by atoms with Crippen molar-refractivity contribution in [3.05, 3.63) is 48.0 Å². The number of sulfonamides is 1. The number of hydrogen-bond acceptors (Lipinski definition) is 5. The van der Waals surface area contributed by atoms with Gasteiger partial charge in [-0.25, -0.2) is 13.4 Å². The van der Waals surface area contributed by atoms with Crippen molar-refractivity contribution >= 4 is 32.9 Å². The Morgan fingerprint density at radius 1 is 1.18 bits per heavy atom. The van der Waals surface area contributed by atoms with Gasteiger partial charge >= 0.3 is 0 Å². The van der Waals surface area contributed by atoms with Gasteiger partial charge in [0.15, 0.2) is 0 Å². The summed E-state index contributed by atoms with van der Waals surface area (Å²) < 4.78 is 32.1. The number of benzene rings is 2. The highest BCUT2D eigenvalue weighted by molar-refractivity contribution is 7.89. The van der Waals surface area contributed by atoms with Gasteiger partial charge in [-0.1, -0.05) is 26.0 Å². The van der Waals surface area contributed by atoms with Crippen molar-refractivity contribution in [1.29, 1.82) is 0 Å². The molecule has 2 N–H and O–H groups in total. The molecular weight excluding hydrogens is 380 g/mol. The fourth-order valence-electron chi connectivity index (χ4n) is 2.92.